The number of rotatable bonds is 1. The van der Waals surface area contributed by atoms with Gasteiger partial charge in [0.05, 0.1) is 0 Å². The van der Waals surface area contributed by atoms with Crippen LogP contribution in [0.1, 0.15) is 38.8 Å². The largest absolute Gasteiger partial charge is 0.207 e. The molecule has 90 valence electrons. The molecule has 0 unspecified atom stereocenters. The van der Waals surface area contributed by atoms with Crippen molar-refractivity contribution in [3.8, 4) is 0 Å². The summed E-state index contributed by atoms with van der Waals surface area (Å²) in [6.07, 6.45) is 0.732. The van der Waals surface area contributed by atoms with Crippen LogP contribution in [0.2, 0.25) is 0 Å². The highest BCUT2D eigenvalue weighted by Gasteiger charge is 2.19. The van der Waals surface area contributed by atoms with Gasteiger partial charge in [-0.3, -0.25) is 0 Å². The summed E-state index contributed by atoms with van der Waals surface area (Å²) in [4.78, 5) is 0. The average Bonchev–Trinajstić information content (AvgIpc) is 2.27. The van der Waals surface area contributed by atoms with Gasteiger partial charge < -0.3 is 0 Å². The molecule has 0 fully saturated rings. The van der Waals surface area contributed by atoms with Crippen LogP contribution in [0.5, 0.6) is 0 Å². The van der Waals surface area contributed by atoms with E-state index in [0.717, 1.165) is 22.8 Å². The third-order valence-electron chi connectivity index (χ3n) is 3.26. The second-order valence-electron chi connectivity index (χ2n) is 5.53. The lowest BCUT2D eigenvalue weighted by molar-refractivity contribution is 0.591. The zero-order valence-corrected chi connectivity index (χ0v) is 11.0. The first-order valence-corrected chi connectivity index (χ1v) is 6.15. The van der Waals surface area contributed by atoms with E-state index in [1.54, 1.807) is 6.07 Å². The maximum absolute atomic E-state index is 13.9. The third kappa shape index (κ3) is 2.06. The first-order chi connectivity index (χ1) is 7.95. The number of fused-ring (bicyclic) bond motifs is 1. The van der Waals surface area contributed by atoms with Crippen LogP contribution in [-0.2, 0) is 11.8 Å². The molecule has 0 saturated carbocycles. The van der Waals surface area contributed by atoms with Gasteiger partial charge in [-0.05, 0) is 39.8 Å². The van der Waals surface area contributed by atoms with E-state index in [-0.39, 0.29) is 11.2 Å². The van der Waals surface area contributed by atoms with Crippen molar-refractivity contribution in [3.63, 3.8) is 0 Å². The Morgan fingerprint density at radius 3 is 2.35 bits per heavy atom. The SMILES string of the molecule is CCc1c(F)ccc2cccc(C(C)(C)C)c12. The van der Waals surface area contributed by atoms with E-state index < -0.39 is 0 Å². The maximum Gasteiger partial charge on any atom is 0.127 e. The van der Waals surface area contributed by atoms with Gasteiger partial charge in [-0.25, -0.2) is 4.39 Å². The van der Waals surface area contributed by atoms with Crippen molar-refractivity contribution in [2.45, 2.75) is 39.5 Å². The molecule has 0 aliphatic heterocycles. The van der Waals surface area contributed by atoms with E-state index in [2.05, 4.69) is 39.0 Å². The molecule has 2 aromatic rings. The van der Waals surface area contributed by atoms with E-state index in [1.165, 1.54) is 5.56 Å². The Hall–Kier alpha value is -1.37. The van der Waals surface area contributed by atoms with Crippen LogP contribution in [0, 0.1) is 5.82 Å². The lowest BCUT2D eigenvalue weighted by Gasteiger charge is -2.23. The van der Waals surface area contributed by atoms with Gasteiger partial charge >= 0.3 is 0 Å². The van der Waals surface area contributed by atoms with E-state index in [0.29, 0.717) is 0 Å². The van der Waals surface area contributed by atoms with Gasteiger partial charge in [0, 0.05) is 0 Å². The van der Waals surface area contributed by atoms with Gasteiger partial charge in [0.15, 0.2) is 0 Å². The number of aryl methyl sites for hydroxylation is 1. The standard InChI is InChI=1S/C16H19F/c1-5-12-14(17)10-9-11-7-6-8-13(15(11)12)16(2,3)4/h6-10H,5H2,1-4H3. The molecule has 2 rings (SSSR count). The van der Waals surface area contributed by atoms with Crippen molar-refractivity contribution in [2.75, 3.05) is 0 Å². The Balaban J connectivity index is 2.90. The van der Waals surface area contributed by atoms with Gasteiger partial charge in [-0.2, -0.15) is 0 Å². The fourth-order valence-electron chi connectivity index (χ4n) is 2.40. The molecule has 0 aliphatic rings. The second kappa shape index (κ2) is 4.14. The van der Waals surface area contributed by atoms with Crippen molar-refractivity contribution in [1.29, 1.82) is 0 Å². The van der Waals surface area contributed by atoms with Gasteiger partial charge in [0.2, 0.25) is 0 Å². The third-order valence-corrected chi connectivity index (χ3v) is 3.26. The molecule has 2 aromatic carbocycles. The number of hydrogen-bond acceptors (Lipinski definition) is 0. The summed E-state index contributed by atoms with van der Waals surface area (Å²) in [5.74, 6) is -0.0864. The van der Waals surface area contributed by atoms with E-state index in [4.69, 9.17) is 0 Å². The minimum atomic E-state index is -0.0864. The van der Waals surface area contributed by atoms with Crippen LogP contribution in [0.15, 0.2) is 30.3 Å². The van der Waals surface area contributed by atoms with Crippen LogP contribution in [-0.4, -0.2) is 0 Å². The Bertz CT molecular complexity index is 547. The minimum absolute atomic E-state index is 0.0389. The topological polar surface area (TPSA) is 0 Å². The molecule has 0 atom stereocenters. The fourth-order valence-corrected chi connectivity index (χ4v) is 2.40. The molecule has 1 heteroatoms. The lowest BCUT2D eigenvalue weighted by atomic mass is 9.82. The van der Waals surface area contributed by atoms with Crippen molar-refractivity contribution in [1.82, 2.24) is 0 Å². The van der Waals surface area contributed by atoms with Crippen LogP contribution in [0.4, 0.5) is 4.39 Å². The highest BCUT2D eigenvalue weighted by molar-refractivity contribution is 5.90. The van der Waals surface area contributed by atoms with Crippen LogP contribution < -0.4 is 0 Å². The van der Waals surface area contributed by atoms with Gasteiger partial charge in [0.1, 0.15) is 5.82 Å². The van der Waals surface area contributed by atoms with Crippen molar-refractivity contribution in [3.05, 3.63) is 47.3 Å². The molecule has 0 aromatic heterocycles. The number of benzene rings is 2. The lowest BCUT2D eigenvalue weighted by Crippen LogP contribution is -2.12. The van der Waals surface area contributed by atoms with E-state index in [1.807, 2.05) is 13.0 Å². The zero-order chi connectivity index (χ0) is 12.6. The highest BCUT2D eigenvalue weighted by Crippen LogP contribution is 2.33. The molecular weight excluding hydrogens is 211 g/mol. The molecule has 0 amide bonds. The maximum atomic E-state index is 13.9. The predicted molar refractivity (Wildman–Crippen MR) is 72.0 cm³/mol. The van der Waals surface area contributed by atoms with Crippen LogP contribution in [0.25, 0.3) is 10.8 Å². The molecule has 0 bridgehead atoms. The fraction of sp³-hybridized carbons (Fsp3) is 0.375. The molecular formula is C16H19F. The molecule has 0 nitrogen and oxygen atoms in total. The van der Waals surface area contributed by atoms with Crippen molar-refractivity contribution in [2.24, 2.45) is 0 Å². The van der Waals surface area contributed by atoms with E-state index in [9.17, 15) is 4.39 Å². The van der Waals surface area contributed by atoms with E-state index >= 15 is 0 Å². The summed E-state index contributed by atoms with van der Waals surface area (Å²) in [7, 11) is 0. The normalized spacial score (nSPS) is 12.1. The predicted octanol–water partition coefficient (Wildman–Crippen LogP) is 4.84. The first kappa shape index (κ1) is 12.1. The first-order valence-electron chi connectivity index (χ1n) is 6.15. The van der Waals surface area contributed by atoms with Crippen molar-refractivity contribution < 1.29 is 4.39 Å². The average molecular weight is 230 g/mol. The molecule has 0 spiro atoms. The molecule has 17 heavy (non-hydrogen) atoms. The summed E-state index contributed by atoms with van der Waals surface area (Å²) in [6, 6.07) is 9.68. The van der Waals surface area contributed by atoms with Gasteiger partial charge in [-0.1, -0.05) is 52.0 Å². The Kier molecular flexibility index (Phi) is 2.94. The Morgan fingerprint density at radius 2 is 1.76 bits per heavy atom. The molecule has 0 aliphatic carbocycles. The molecule has 0 heterocycles. The van der Waals surface area contributed by atoms with Gasteiger partial charge in [0.25, 0.3) is 0 Å². The summed E-state index contributed by atoms with van der Waals surface area (Å²) >= 11 is 0. The Labute approximate surface area is 102 Å². The number of halogens is 1. The summed E-state index contributed by atoms with van der Waals surface area (Å²) < 4.78 is 13.9. The van der Waals surface area contributed by atoms with Gasteiger partial charge in [-0.15, -0.1) is 0 Å². The molecule has 0 radical (unpaired) electrons. The monoisotopic (exact) mass is 230 g/mol. The quantitative estimate of drug-likeness (QED) is 0.657. The summed E-state index contributed by atoms with van der Waals surface area (Å²) in [6.45, 7) is 8.53. The highest BCUT2D eigenvalue weighted by atomic mass is 19.1. The summed E-state index contributed by atoms with van der Waals surface area (Å²) in [5, 5.41) is 2.23. The summed E-state index contributed by atoms with van der Waals surface area (Å²) in [5.41, 5.74) is 2.11. The van der Waals surface area contributed by atoms with Crippen LogP contribution in [0.3, 0.4) is 0 Å². The zero-order valence-electron chi connectivity index (χ0n) is 11.0. The van der Waals surface area contributed by atoms with Crippen molar-refractivity contribution >= 4 is 10.8 Å². The smallest absolute Gasteiger partial charge is 0.127 e. The minimum Gasteiger partial charge on any atom is -0.207 e. The molecule has 0 N–H and O–H groups in total. The number of hydrogen-bond donors (Lipinski definition) is 0. The van der Waals surface area contributed by atoms with Crippen LogP contribution >= 0.6 is 0 Å². The molecule has 0 saturated heterocycles. The second-order valence-corrected chi connectivity index (χ2v) is 5.53. The Morgan fingerprint density at radius 1 is 1.06 bits per heavy atom.